The molecular weight excluding hydrogens is 451 g/mol. The summed E-state index contributed by atoms with van der Waals surface area (Å²) in [7, 11) is 1.35. The van der Waals surface area contributed by atoms with Crippen molar-refractivity contribution >= 4 is 12.4 Å². The third-order valence-electron chi connectivity index (χ3n) is 1.23. The van der Waals surface area contributed by atoms with Crippen molar-refractivity contribution in [3.05, 3.63) is 37.0 Å². The maximum atomic E-state index is 9.75. The Kier molecular flexibility index (Phi) is 14.3. The molecule has 0 saturated heterocycles. The van der Waals surface area contributed by atoms with Gasteiger partial charge in [-0.15, -0.1) is 0 Å². The molecule has 1 amide bonds. The summed E-state index contributed by atoms with van der Waals surface area (Å²) in [6.07, 6.45) is 6.85. The number of amides is 1. The molecule has 0 aromatic carbocycles. The number of carbonyl (C=O) groups is 1. The summed E-state index contributed by atoms with van der Waals surface area (Å²) in [6.45, 7) is 8.78. The monoisotopic (exact) mass is 467 g/mol. The number of hydrogen-bond donors (Lipinski definition) is 1. The van der Waals surface area contributed by atoms with E-state index < -0.39 is 5.97 Å². The zero-order valence-corrected chi connectivity index (χ0v) is 11.8. The molecule has 4 nitrogen and oxygen atoms in total. The van der Waals surface area contributed by atoms with Gasteiger partial charge in [0.1, 0.15) is 0 Å². The predicted molar refractivity (Wildman–Crippen MR) is 60.1 cm³/mol. The Morgan fingerprint density at radius 3 is 2.12 bits per heavy atom. The molecule has 96 valence electrons. The number of carboxylic acid groups (broad SMARTS) is 1. The van der Waals surface area contributed by atoms with Crippen molar-refractivity contribution in [2.45, 2.75) is 6.92 Å². The van der Waals surface area contributed by atoms with Gasteiger partial charge in [-0.3, -0.25) is 4.79 Å². The van der Waals surface area contributed by atoms with Gasteiger partial charge >= 0.3 is 5.97 Å². The summed E-state index contributed by atoms with van der Waals surface area (Å²) in [6, 6.07) is 0. The van der Waals surface area contributed by atoms with Gasteiger partial charge in [-0.05, 0) is 14.0 Å². The van der Waals surface area contributed by atoms with Crippen LogP contribution in [0.5, 0.6) is 0 Å². The van der Waals surface area contributed by atoms with Gasteiger partial charge in [-0.1, -0.05) is 37.0 Å². The fourth-order valence-electron chi connectivity index (χ4n) is 0.489. The van der Waals surface area contributed by atoms with E-state index in [1.54, 1.807) is 12.2 Å². The summed E-state index contributed by atoms with van der Waals surface area (Å²) in [5.74, 6) is -1.03. The van der Waals surface area contributed by atoms with E-state index in [1.165, 1.54) is 13.5 Å². The van der Waals surface area contributed by atoms with E-state index in [0.717, 1.165) is 10.5 Å². The predicted octanol–water partition coefficient (Wildman–Crippen LogP) is 1.37. The fraction of sp³-hybridized carbons (Fsp3) is 0.273. The van der Waals surface area contributed by atoms with Crippen molar-refractivity contribution in [2.75, 3.05) is 13.6 Å². The topological polar surface area (TPSA) is 57.6 Å². The summed E-state index contributed by atoms with van der Waals surface area (Å²) in [5.41, 5.74) is 1.15. The molecule has 1 N–H and O–H groups in total. The summed E-state index contributed by atoms with van der Waals surface area (Å²) >= 11 is 0. The molecule has 0 rings (SSSR count). The van der Waals surface area contributed by atoms with Gasteiger partial charge < -0.3 is 14.8 Å². The fourth-order valence-corrected chi connectivity index (χ4v) is 0.489. The molecule has 0 heterocycles. The van der Waals surface area contributed by atoms with Crippen LogP contribution in [-0.4, -0.2) is 36.0 Å². The van der Waals surface area contributed by atoms with E-state index in [9.17, 15) is 9.59 Å². The van der Waals surface area contributed by atoms with Crippen LogP contribution >= 0.6 is 0 Å². The van der Waals surface area contributed by atoms with Crippen LogP contribution in [0.25, 0.3) is 0 Å². The molecule has 0 aliphatic rings. The van der Waals surface area contributed by atoms with Crippen LogP contribution in [0.2, 0.25) is 0 Å². The van der Waals surface area contributed by atoms with Crippen molar-refractivity contribution in [3.63, 3.8) is 0 Å². The molecular formula is C11H16FmNO3-. The Labute approximate surface area is 90.2 Å². The van der Waals surface area contributed by atoms with Crippen LogP contribution in [-0.2, 0) is 9.59 Å². The van der Waals surface area contributed by atoms with E-state index in [4.69, 9.17) is 5.11 Å². The minimum atomic E-state index is -1.03. The van der Waals surface area contributed by atoms with Crippen molar-refractivity contribution in [1.29, 1.82) is 0 Å². The smallest absolute Gasteiger partial charge is 0.320 e. The normalized spacial score (nSPS) is 8.75. The van der Waals surface area contributed by atoms with E-state index in [2.05, 4.69) is 13.2 Å². The number of likely N-dealkylation sites (N-methyl/N-ethyl adjacent to an activating group) is 1. The first-order valence-corrected chi connectivity index (χ1v) is 4.20. The standard InChI is InChI=1S/C7H10.C4H6NO3.Fm/c1-4-6-7(3)5-2;1-5(3-6)2-4(7)8;/h4-6H,1-2H2,3H3;2H2,1H3,(H,7,8);/q;-1;/b7-6-;;. The molecule has 16 heavy (non-hydrogen) atoms. The molecule has 5 heteroatoms. The van der Waals surface area contributed by atoms with Crippen molar-refractivity contribution in [3.8, 4) is 0 Å². The van der Waals surface area contributed by atoms with E-state index in [0.29, 0.717) is 0 Å². The molecule has 0 atom stereocenters. The van der Waals surface area contributed by atoms with Crippen LogP contribution < -0.4 is 0 Å². The van der Waals surface area contributed by atoms with E-state index >= 15 is 0 Å². The molecule has 0 bridgehead atoms. The number of carboxylic acids is 1. The van der Waals surface area contributed by atoms with Crippen LogP contribution in [0.4, 0.5) is 0 Å². The van der Waals surface area contributed by atoms with Crippen molar-refractivity contribution in [1.82, 2.24) is 4.90 Å². The van der Waals surface area contributed by atoms with Gasteiger partial charge in [0.25, 0.3) is 0 Å². The molecule has 0 spiro atoms. The van der Waals surface area contributed by atoms with Crippen LogP contribution in [0.3, 0.4) is 0 Å². The Morgan fingerprint density at radius 2 is 2.00 bits per heavy atom. The number of aliphatic carboxylic acids is 1. The maximum Gasteiger partial charge on any atom is 0.320 e. The number of allylic oxidation sites excluding steroid dienone is 4. The number of rotatable bonds is 5. The number of nitrogens with zero attached hydrogens (tertiary/aromatic N) is 1. The van der Waals surface area contributed by atoms with Crippen molar-refractivity contribution < 1.29 is 14.7 Å². The Balaban J connectivity index is -0.000000200. The van der Waals surface area contributed by atoms with E-state index in [-0.39, 0.29) is 6.54 Å². The summed E-state index contributed by atoms with van der Waals surface area (Å²) in [5, 5.41) is 7.99. The average molecular weight is 467 g/mol. The zero-order chi connectivity index (χ0) is 12.3. The zero-order valence-electron chi connectivity index (χ0n) is 9.35. The SMILES string of the molecule is C=C/C=C(/C)C=C.CN([C-]=O)CC(=O)O.[Fm]. The molecule has 0 aromatic heterocycles. The first kappa shape index (κ1) is 18.9. The van der Waals surface area contributed by atoms with Gasteiger partial charge in [-0.2, -0.15) is 6.41 Å². The van der Waals surface area contributed by atoms with Gasteiger partial charge in [0.2, 0.25) is 0 Å². The summed E-state index contributed by atoms with van der Waals surface area (Å²) in [4.78, 5) is 20.2. The second-order valence-electron chi connectivity index (χ2n) is 2.69. The Bertz CT molecular complexity index is 262. The maximum absolute atomic E-state index is 9.75. The molecule has 0 aliphatic carbocycles. The largest absolute Gasteiger partial charge is 0.520 e. The molecule has 0 unspecified atom stereocenters. The van der Waals surface area contributed by atoms with Gasteiger partial charge in [0, 0.05) is 0 Å². The number of carbonyl (C=O) groups excluding carboxylic acids is 1. The van der Waals surface area contributed by atoms with Gasteiger partial charge in [-0.25, -0.2) is 0 Å². The first-order chi connectivity index (χ1) is 6.97. The third kappa shape index (κ3) is 17.3. The van der Waals surface area contributed by atoms with Gasteiger partial charge in [0.15, 0.2) is 0 Å². The minimum absolute atomic E-state index is 0. The molecule has 0 aliphatic heterocycles. The van der Waals surface area contributed by atoms with Crippen LogP contribution in [0.1, 0.15) is 6.92 Å². The number of hydrogen-bond acceptors (Lipinski definition) is 2. The van der Waals surface area contributed by atoms with Crippen molar-refractivity contribution in [2.24, 2.45) is 0 Å². The molecule has 0 saturated carbocycles. The molecule has 0 radical (unpaired) electrons. The first-order valence-electron chi connectivity index (χ1n) is 4.20. The molecule has 0 aromatic rings. The van der Waals surface area contributed by atoms with Crippen LogP contribution in [0.15, 0.2) is 37.0 Å². The summed E-state index contributed by atoms with van der Waals surface area (Å²) < 4.78 is 0. The van der Waals surface area contributed by atoms with Gasteiger partial charge in [0.05, 0.1) is 6.54 Å². The Morgan fingerprint density at radius 1 is 1.50 bits per heavy atom. The second kappa shape index (κ2) is 12.2. The second-order valence-corrected chi connectivity index (χ2v) is 2.69. The minimum Gasteiger partial charge on any atom is -0.520 e. The third-order valence-corrected chi connectivity index (χ3v) is 1.23. The average Bonchev–Trinajstić information content (AvgIpc) is 2.18. The molecule has 0 fully saturated rings. The van der Waals surface area contributed by atoms with E-state index in [1.807, 2.05) is 13.0 Å². The quantitative estimate of drug-likeness (QED) is 0.378. The van der Waals surface area contributed by atoms with Crippen LogP contribution in [0, 0.1) is 0 Å². The Hall–Kier alpha value is -2.84.